The first-order valence-electron chi connectivity index (χ1n) is 12.8. The zero-order valence-corrected chi connectivity index (χ0v) is 22.2. The number of benzene rings is 2. The topological polar surface area (TPSA) is 80.0 Å². The third-order valence-electron chi connectivity index (χ3n) is 7.95. The number of nitrogens with zero attached hydrogens (tertiary/aromatic N) is 1. The maximum Gasteiger partial charge on any atom is 0.339 e. The van der Waals surface area contributed by atoms with Crippen LogP contribution in [0.4, 0.5) is 0 Å². The molecule has 2 heterocycles. The normalized spacial score (nSPS) is 21.9. The second kappa shape index (κ2) is 10.4. The number of likely N-dealkylation sites (tertiary alicyclic amines) is 1. The molecule has 1 saturated carbocycles. The fourth-order valence-electron chi connectivity index (χ4n) is 5.69. The van der Waals surface area contributed by atoms with Crippen LogP contribution >= 0.6 is 15.9 Å². The molecule has 7 heteroatoms. The largest absolute Gasteiger partial charge is 0.489 e. The summed E-state index contributed by atoms with van der Waals surface area (Å²) in [5.74, 6) is 0.832. The van der Waals surface area contributed by atoms with Crippen molar-refractivity contribution in [3.63, 3.8) is 0 Å². The van der Waals surface area contributed by atoms with Gasteiger partial charge < -0.3 is 19.2 Å². The van der Waals surface area contributed by atoms with E-state index in [4.69, 9.17) is 9.15 Å². The molecule has 190 valence electrons. The maximum atomic E-state index is 13.0. The van der Waals surface area contributed by atoms with E-state index in [1.54, 1.807) is 6.07 Å². The predicted molar refractivity (Wildman–Crippen MR) is 142 cm³/mol. The van der Waals surface area contributed by atoms with Crippen LogP contribution in [0.3, 0.4) is 0 Å². The van der Waals surface area contributed by atoms with Gasteiger partial charge in [0.15, 0.2) is 0 Å². The number of carbonyl (C=O) groups is 1. The fourth-order valence-corrected chi connectivity index (χ4v) is 5.95. The number of ether oxygens (including phenoxy) is 1. The van der Waals surface area contributed by atoms with Crippen LogP contribution in [-0.4, -0.2) is 34.6 Å². The number of hydrogen-bond acceptors (Lipinski definition) is 5. The second-order valence-electron chi connectivity index (χ2n) is 10.2. The molecule has 1 amide bonds. The van der Waals surface area contributed by atoms with Crippen molar-refractivity contribution in [2.24, 2.45) is 5.92 Å². The van der Waals surface area contributed by atoms with Crippen molar-refractivity contribution in [1.29, 1.82) is 0 Å². The summed E-state index contributed by atoms with van der Waals surface area (Å²) in [5.41, 5.74) is 1.90. The zero-order valence-electron chi connectivity index (χ0n) is 20.6. The highest BCUT2D eigenvalue weighted by Crippen LogP contribution is 2.40. The van der Waals surface area contributed by atoms with Crippen LogP contribution in [0.15, 0.2) is 56.1 Å². The highest BCUT2D eigenvalue weighted by atomic mass is 79.9. The Morgan fingerprint density at radius 3 is 2.81 bits per heavy atom. The molecule has 36 heavy (non-hydrogen) atoms. The van der Waals surface area contributed by atoms with Crippen LogP contribution in [0.2, 0.25) is 0 Å². The van der Waals surface area contributed by atoms with Gasteiger partial charge in [0.25, 0.3) is 0 Å². The average Bonchev–Trinajstić information content (AvgIpc) is 2.87. The van der Waals surface area contributed by atoms with E-state index in [0.717, 1.165) is 46.7 Å². The Kier molecular flexibility index (Phi) is 7.22. The van der Waals surface area contributed by atoms with Gasteiger partial charge in [-0.05, 0) is 68.0 Å². The fraction of sp³-hybridized carbons (Fsp3) is 0.448. The van der Waals surface area contributed by atoms with Gasteiger partial charge in [0.05, 0.1) is 5.60 Å². The predicted octanol–water partition coefficient (Wildman–Crippen LogP) is 5.53. The van der Waals surface area contributed by atoms with Crippen molar-refractivity contribution in [2.45, 2.75) is 64.1 Å². The van der Waals surface area contributed by atoms with E-state index in [2.05, 4.69) is 15.9 Å². The van der Waals surface area contributed by atoms with Crippen LogP contribution in [0.1, 0.15) is 55.2 Å². The molecule has 2 aliphatic rings. The number of aryl methyl sites for hydroxylation is 1. The molecule has 0 radical (unpaired) electrons. The van der Waals surface area contributed by atoms with Crippen molar-refractivity contribution in [3.8, 4) is 5.75 Å². The number of fused-ring (bicyclic) bond motifs is 2. The molecule has 6 nitrogen and oxygen atoms in total. The molecule has 0 bridgehead atoms. The van der Waals surface area contributed by atoms with Gasteiger partial charge in [-0.1, -0.05) is 40.9 Å². The molecule has 1 saturated heterocycles. The average molecular weight is 554 g/mol. The molecule has 1 aliphatic heterocycles. The quantitative estimate of drug-likeness (QED) is 0.406. The molecule has 2 fully saturated rings. The van der Waals surface area contributed by atoms with Gasteiger partial charge >= 0.3 is 5.63 Å². The second-order valence-corrected chi connectivity index (χ2v) is 11.1. The van der Waals surface area contributed by atoms with Crippen LogP contribution in [0.5, 0.6) is 5.75 Å². The molecule has 0 unspecified atom stereocenters. The van der Waals surface area contributed by atoms with Gasteiger partial charge in [0.1, 0.15) is 17.9 Å². The van der Waals surface area contributed by atoms with Crippen LogP contribution in [0.25, 0.3) is 11.0 Å². The lowest BCUT2D eigenvalue weighted by atomic mass is 9.71. The number of hydrogen-bond donors (Lipinski definition) is 1. The van der Waals surface area contributed by atoms with E-state index in [1.165, 1.54) is 0 Å². The van der Waals surface area contributed by atoms with Crippen molar-refractivity contribution in [1.82, 2.24) is 4.90 Å². The van der Waals surface area contributed by atoms with Crippen molar-refractivity contribution in [3.05, 3.63) is 74.0 Å². The number of carbonyl (C=O) groups excluding carboxylic acids is 1. The molecule has 2 aromatic carbocycles. The minimum atomic E-state index is -0.605. The Hall–Kier alpha value is -2.64. The monoisotopic (exact) mass is 553 g/mol. The summed E-state index contributed by atoms with van der Waals surface area (Å²) in [6.45, 7) is 3.52. The third kappa shape index (κ3) is 5.23. The summed E-state index contributed by atoms with van der Waals surface area (Å²) in [7, 11) is 0. The Morgan fingerprint density at radius 1 is 1.19 bits per heavy atom. The van der Waals surface area contributed by atoms with E-state index in [0.29, 0.717) is 49.4 Å². The van der Waals surface area contributed by atoms with E-state index in [1.807, 2.05) is 48.2 Å². The summed E-state index contributed by atoms with van der Waals surface area (Å²) >= 11 is 3.43. The number of aliphatic hydroxyl groups is 1. The minimum absolute atomic E-state index is 0.0400. The molecule has 2 atom stereocenters. The number of rotatable bonds is 6. The Bertz CT molecular complexity index is 1320. The van der Waals surface area contributed by atoms with Gasteiger partial charge in [0, 0.05) is 46.9 Å². The van der Waals surface area contributed by atoms with Crippen molar-refractivity contribution in [2.75, 3.05) is 13.1 Å². The van der Waals surface area contributed by atoms with E-state index in [-0.39, 0.29) is 18.2 Å². The van der Waals surface area contributed by atoms with Gasteiger partial charge in [-0.25, -0.2) is 4.79 Å². The molecular weight excluding hydrogens is 522 g/mol. The molecule has 3 aromatic rings. The summed E-state index contributed by atoms with van der Waals surface area (Å²) in [6, 6.07) is 13.4. The number of amides is 1. The van der Waals surface area contributed by atoms with E-state index < -0.39 is 11.2 Å². The molecule has 1 aliphatic carbocycles. The SMILES string of the molecule is Cc1c(CCC(=O)N2CC[C@@]3(O)CCCC[C@H]3C2)c(=O)oc2cc(OCc3ccc(Br)cc3)ccc12. The van der Waals surface area contributed by atoms with Crippen LogP contribution < -0.4 is 10.4 Å². The summed E-state index contributed by atoms with van der Waals surface area (Å²) in [4.78, 5) is 27.7. The Balaban J connectivity index is 1.25. The lowest BCUT2D eigenvalue weighted by molar-refractivity contribution is -0.143. The van der Waals surface area contributed by atoms with Gasteiger partial charge in [-0.3, -0.25) is 4.79 Å². The summed E-state index contributed by atoms with van der Waals surface area (Å²) < 4.78 is 12.6. The van der Waals surface area contributed by atoms with E-state index in [9.17, 15) is 14.7 Å². The first-order chi connectivity index (χ1) is 17.3. The lowest BCUT2D eigenvalue weighted by Crippen LogP contribution is -2.54. The van der Waals surface area contributed by atoms with Crippen molar-refractivity contribution >= 4 is 32.8 Å². The smallest absolute Gasteiger partial charge is 0.339 e. The number of halogens is 1. The molecular formula is C29H32BrNO5. The minimum Gasteiger partial charge on any atom is -0.489 e. The molecule has 0 spiro atoms. The molecule has 1 N–H and O–H groups in total. The molecule has 5 rings (SSSR count). The first-order valence-corrected chi connectivity index (χ1v) is 13.6. The lowest BCUT2D eigenvalue weighted by Gasteiger charge is -2.47. The molecule has 1 aromatic heterocycles. The number of piperidine rings is 1. The highest BCUT2D eigenvalue weighted by Gasteiger charge is 2.43. The summed E-state index contributed by atoms with van der Waals surface area (Å²) in [5, 5.41) is 11.7. The van der Waals surface area contributed by atoms with Crippen LogP contribution in [0, 0.1) is 12.8 Å². The Morgan fingerprint density at radius 2 is 2.00 bits per heavy atom. The highest BCUT2D eigenvalue weighted by molar-refractivity contribution is 9.10. The Labute approximate surface area is 219 Å². The van der Waals surface area contributed by atoms with Crippen molar-refractivity contribution < 1.29 is 19.1 Å². The van der Waals surface area contributed by atoms with Gasteiger partial charge in [-0.2, -0.15) is 0 Å². The van der Waals surface area contributed by atoms with Crippen LogP contribution in [-0.2, 0) is 17.8 Å². The summed E-state index contributed by atoms with van der Waals surface area (Å²) in [6.07, 6.45) is 5.25. The van der Waals surface area contributed by atoms with Gasteiger partial charge in [0.2, 0.25) is 5.91 Å². The maximum absolute atomic E-state index is 13.0. The van der Waals surface area contributed by atoms with Gasteiger partial charge in [-0.15, -0.1) is 0 Å². The third-order valence-corrected chi connectivity index (χ3v) is 8.48. The zero-order chi connectivity index (χ0) is 25.3. The standard InChI is InChI=1S/C29H32BrNO5/c1-19-24-10-9-23(35-18-20-5-7-22(30)8-6-20)16-26(24)36-28(33)25(19)11-12-27(32)31-15-14-29(34)13-3-2-4-21(29)17-31/h5-10,16,21,34H,2-4,11-15,17-18H2,1H3/t21-,29-/m0/s1. The first kappa shape index (κ1) is 25.0. The van der Waals surface area contributed by atoms with E-state index >= 15 is 0 Å².